The van der Waals surface area contributed by atoms with Crippen molar-refractivity contribution in [1.29, 1.82) is 5.26 Å². The smallest absolute Gasteiger partial charge is 0.270 e. The summed E-state index contributed by atoms with van der Waals surface area (Å²) < 4.78 is 0. The second-order valence-electron chi connectivity index (χ2n) is 3.26. The maximum absolute atomic E-state index is 11.6. The fourth-order valence-electron chi connectivity index (χ4n) is 1.45. The zero-order valence-electron chi connectivity index (χ0n) is 8.77. The number of nitrogen functional groups attached to an aromatic ring is 1. The SMILES string of the molecule is N#Cc1c(-c2ccccc2)nc(NN)[nH]c1=O. The van der Waals surface area contributed by atoms with Crippen molar-refractivity contribution >= 4 is 5.95 Å². The number of hydrazine groups is 1. The topological polar surface area (TPSA) is 108 Å². The summed E-state index contributed by atoms with van der Waals surface area (Å²) in [7, 11) is 0. The Kier molecular flexibility index (Phi) is 2.85. The van der Waals surface area contributed by atoms with Crippen molar-refractivity contribution in [3.63, 3.8) is 0 Å². The van der Waals surface area contributed by atoms with Gasteiger partial charge in [-0.3, -0.25) is 15.2 Å². The highest BCUT2D eigenvalue weighted by molar-refractivity contribution is 5.66. The lowest BCUT2D eigenvalue weighted by molar-refractivity contribution is 1.07. The molecule has 0 unspecified atom stereocenters. The summed E-state index contributed by atoms with van der Waals surface area (Å²) in [6.07, 6.45) is 0. The van der Waals surface area contributed by atoms with Gasteiger partial charge in [0, 0.05) is 5.56 Å². The van der Waals surface area contributed by atoms with Crippen LogP contribution in [0.4, 0.5) is 5.95 Å². The Morgan fingerprint density at radius 2 is 2.06 bits per heavy atom. The van der Waals surface area contributed by atoms with Crippen LogP contribution in [0.2, 0.25) is 0 Å². The number of anilines is 1. The minimum Gasteiger partial charge on any atom is -0.294 e. The van der Waals surface area contributed by atoms with Gasteiger partial charge in [0.05, 0.1) is 5.69 Å². The molecule has 0 aliphatic carbocycles. The van der Waals surface area contributed by atoms with Gasteiger partial charge in [-0.05, 0) is 0 Å². The van der Waals surface area contributed by atoms with Crippen LogP contribution in [0.15, 0.2) is 35.1 Å². The van der Waals surface area contributed by atoms with Crippen molar-refractivity contribution in [2.24, 2.45) is 5.84 Å². The predicted molar refractivity (Wildman–Crippen MR) is 62.8 cm³/mol. The number of nitrogens with zero attached hydrogens (tertiary/aromatic N) is 2. The molecule has 0 bridgehead atoms. The molecule has 6 nitrogen and oxygen atoms in total. The van der Waals surface area contributed by atoms with Gasteiger partial charge in [0.2, 0.25) is 5.95 Å². The molecule has 2 aromatic rings. The summed E-state index contributed by atoms with van der Waals surface area (Å²) in [6, 6.07) is 10.8. The molecule has 84 valence electrons. The van der Waals surface area contributed by atoms with Crippen LogP contribution < -0.4 is 16.8 Å². The van der Waals surface area contributed by atoms with Crippen molar-refractivity contribution in [1.82, 2.24) is 9.97 Å². The van der Waals surface area contributed by atoms with E-state index >= 15 is 0 Å². The van der Waals surface area contributed by atoms with Crippen molar-refractivity contribution in [3.8, 4) is 17.3 Å². The van der Waals surface area contributed by atoms with E-state index in [0.29, 0.717) is 11.3 Å². The number of H-pyrrole nitrogens is 1. The second-order valence-corrected chi connectivity index (χ2v) is 3.26. The number of aromatic nitrogens is 2. The average molecular weight is 227 g/mol. The third kappa shape index (κ3) is 2.00. The average Bonchev–Trinajstić information content (AvgIpc) is 2.38. The van der Waals surface area contributed by atoms with Gasteiger partial charge in [-0.15, -0.1) is 0 Å². The summed E-state index contributed by atoms with van der Waals surface area (Å²) in [5.41, 5.74) is 2.70. The molecule has 0 aliphatic heterocycles. The third-order valence-corrected chi connectivity index (χ3v) is 2.22. The van der Waals surface area contributed by atoms with Gasteiger partial charge in [-0.2, -0.15) is 5.26 Å². The van der Waals surface area contributed by atoms with Crippen LogP contribution in [0.1, 0.15) is 5.56 Å². The van der Waals surface area contributed by atoms with E-state index in [9.17, 15) is 4.79 Å². The Morgan fingerprint density at radius 1 is 1.35 bits per heavy atom. The minimum atomic E-state index is -0.519. The van der Waals surface area contributed by atoms with E-state index in [4.69, 9.17) is 11.1 Å². The van der Waals surface area contributed by atoms with Crippen LogP contribution in [0.3, 0.4) is 0 Å². The Labute approximate surface area is 96.7 Å². The number of aromatic amines is 1. The number of hydrogen-bond donors (Lipinski definition) is 3. The highest BCUT2D eigenvalue weighted by Crippen LogP contribution is 2.18. The molecule has 1 aromatic carbocycles. The maximum Gasteiger partial charge on any atom is 0.270 e. The van der Waals surface area contributed by atoms with E-state index in [0.717, 1.165) is 0 Å². The molecule has 0 atom stereocenters. The highest BCUT2D eigenvalue weighted by atomic mass is 16.1. The first-order valence-electron chi connectivity index (χ1n) is 4.82. The van der Waals surface area contributed by atoms with E-state index in [1.54, 1.807) is 24.3 Å². The van der Waals surface area contributed by atoms with Crippen LogP contribution in [0.5, 0.6) is 0 Å². The molecule has 4 N–H and O–H groups in total. The lowest BCUT2D eigenvalue weighted by Gasteiger charge is -2.05. The van der Waals surface area contributed by atoms with Gasteiger partial charge in [0.25, 0.3) is 5.56 Å². The number of nitrogens with one attached hydrogen (secondary N) is 2. The van der Waals surface area contributed by atoms with E-state index < -0.39 is 5.56 Å². The summed E-state index contributed by atoms with van der Waals surface area (Å²) in [4.78, 5) is 18.1. The van der Waals surface area contributed by atoms with Crippen LogP contribution in [-0.2, 0) is 0 Å². The van der Waals surface area contributed by atoms with Gasteiger partial charge < -0.3 is 0 Å². The first-order chi connectivity index (χ1) is 8.26. The Hall–Kier alpha value is -2.65. The molecule has 6 heteroatoms. The molecule has 1 heterocycles. The second kappa shape index (κ2) is 4.47. The number of nitrogens with two attached hydrogens (primary N) is 1. The largest absolute Gasteiger partial charge is 0.294 e. The molecule has 0 radical (unpaired) electrons. The molecule has 0 saturated carbocycles. The fourth-order valence-corrected chi connectivity index (χ4v) is 1.45. The highest BCUT2D eigenvalue weighted by Gasteiger charge is 2.12. The Bertz CT molecular complexity index is 627. The number of rotatable bonds is 2. The molecule has 0 spiro atoms. The molecule has 1 aromatic heterocycles. The zero-order chi connectivity index (χ0) is 12.3. The van der Waals surface area contributed by atoms with Crippen molar-refractivity contribution in [3.05, 3.63) is 46.2 Å². The van der Waals surface area contributed by atoms with Gasteiger partial charge in [0.15, 0.2) is 0 Å². The maximum atomic E-state index is 11.6. The van der Waals surface area contributed by atoms with Crippen molar-refractivity contribution in [2.45, 2.75) is 0 Å². The van der Waals surface area contributed by atoms with E-state index in [1.807, 2.05) is 12.1 Å². The summed E-state index contributed by atoms with van der Waals surface area (Å²) in [5, 5.41) is 8.96. The Morgan fingerprint density at radius 3 is 2.65 bits per heavy atom. The van der Waals surface area contributed by atoms with Crippen LogP contribution in [-0.4, -0.2) is 9.97 Å². The summed E-state index contributed by atoms with van der Waals surface area (Å²) in [6.45, 7) is 0. The normalized spacial score (nSPS) is 9.65. The van der Waals surface area contributed by atoms with Gasteiger partial charge in [-0.25, -0.2) is 10.8 Å². The quantitative estimate of drug-likeness (QED) is 0.514. The lowest BCUT2D eigenvalue weighted by atomic mass is 10.1. The van der Waals surface area contributed by atoms with Crippen molar-refractivity contribution in [2.75, 3.05) is 5.43 Å². The van der Waals surface area contributed by atoms with E-state index in [2.05, 4.69) is 15.4 Å². The molecule has 0 amide bonds. The standard InChI is InChI=1S/C11H9N5O/c12-6-8-9(7-4-2-1-3-5-7)14-11(16-13)15-10(8)17/h1-5H,13H2,(H2,14,15,16,17). The van der Waals surface area contributed by atoms with Crippen LogP contribution in [0, 0.1) is 11.3 Å². The molecule has 0 aliphatic rings. The molecule has 0 saturated heterocycles. The van der Waals surface area contributed by atoms with Crippen LogP contribution in [0.25, 0.3) is 11.3 Å². The molecular formula is C11H9N5O. The summed E-state index contributed by atoms with van der Waals surface area (Å²) in [5.74, 6) is 5.31. The molecule has 2 rings (SSSR count). The number of nitriles is 1. The first kappa shape index (κ1) is 10.9. The fraction of sp³-hybridized carbons (Fsp3) is 0. The third-order valence-electron chi connectivity index (χ3n) is 2.22. The van der Waals surface area contributed by atoms with Gasteiger partial charge in [0.1, 0.15) is 11.6 Å². The summed E-state index contributed by atoms with van der Waals surface area (Å²) >= 11 is 0. The van der Waals surface area contributed by atoms with Gasteiger partial charge >= 0.3 is 0 Å². The minimum absolute atomic E-state index is 0.0322. The van der Waals surface area contributed by atoms with E-state index in [-0.39, 0.29) is 11.5 Å². The van der Waals surface area contributed by atoms with Gasteiger partial charge in [-0.1, -0.05) is 30.3 Å². The number of benzene rings is 1. The Balaban J connectivity index is 2.72. The monoisotopic (exact) mass is 227 g/mol. The molecule has 17 heavy (non-hydrogen) atoms. The van der Waals surface area contributed by atoms with Crippen molar-refractivity contribution < 1.29 is 0 Å². The predicted octanol–water partition coefficient (Wildman–Crippen LogP) is 0.594. The first-order valence-corrected chi connectivity index (χ1v) is 4.82. The lowest BCUT2D eigenvalue weighted by Crippen LogP contribution is -2.20. The molecule has 0 fully saturated rings. The molecular weight excluding hydrogens is 218 g/mol. The number of hydrogen-bond acceptors (Lipinski definition) is 5. The van der Waals surface area contributed by atoms with Crippen LogP contribution >= 0.6 is 0 Å². The zero-order valence-corrected chi connectivity index (χ0v) is 8.77. The van der Waals surface area contributed by atoms with E-state index in [1.165, 1.54) is 0 Å².